The van der Waals surface area contributed by atoms with E-state index in [9.17, 15) is 8.42 Å². The molecule has 2 aliphatic heterocycles. The molecule has 122 valence electrons. The maximum Gasteiger partial charge on any atom is 0.282 e. The maximum atomic E-state index is 13.0. The van der Waals surface area contributed by atoms with Crippen LogP contribution in [0.1, 0.15) is 31.4 Å². The van der Waals surface area contributed by atoms with Gasteiger partial charge in [0.05, 0.1) is 6.04 Å². The molecule has 0 saturated carbocycles. The Hall–Kier alpha value is -1.02. The number of piperidine rings is 1. The Bertz CT molecular complexity index is 585. The number of hydrogen-bond donors (Lipinski definition) is 1. The second-order valence-electron chi connectivity index (χ2n) is 6.21. The highest BCUT2D eigenvalue weighted by atomic mass is 32.2. The van der Waals surface area contributed by atoms with Gasteiger partial charge in [0.25, 0.3) is 10.2 Å². The van der Waals surface area contributed by atoms with Crippen LogP contribution in [-0.2, 0) is 10.2 Å². The molecule has 7 heteroatoms. The average molecular weight is 324 g/mol. The molecule has 22 heavy (non-hydrogen) atoms. The van der Waals surface area contributed by atoms with Gasteiger partial charge in [-0.15, -0.1) is 0 Å². The van der Waals surface area contributed by atoms with Crippen molar-refractivity contribution in [1.29, 1.82) is 0 Å². The van der Waals surface area contributed by atoms with E-state index in [1.807, 2.05) is 12.1 Å². The number of nitrogens with zero attached hydrogens (tertiary/aromatic N) is 3. The third-order valence-electron chi connectivity index (χ3n) is 4.63. The first kappa shape index (κ1) is 15.9. The van der Waals surface area contributed by atoms with Crippen LogP contribution in [0.5, 0.6) is 0 Å². The lowest BCUT2D eigenvalue weighted by atomic mass is 10.0. The van der Waals surface area contributed by atoms with Crippen LogP contribution in [0.4, 0.5) is 0 Å². The Morgan fingerprint density at radius 1 is 1.27 bits per heavy atom. The molecule has 2 fully saturated rings. The van der Waals surface area contributed by atoms with Crippen LogP contribution in [-0.4, -0.2) is 54.7 Å². The molecule has 0 amide bonds. The summed E-state index contributed by atoms with van der Waals surface area (Å²) in [5, 5.41) is 3.29. The number of rotatable bonds is 3. The van der Waals surface area contributed by atoms with Gasteiger partial charge in [0.2, 0.25) is 0 Å². The number of hydrogen-bond acceptors (Lipinski definition) is 4. The van der Waals surface area contributed by atoms with Crippen LogP contribution in [0.2, 0.25) is 0 Å². The lowest BCUT2D eigenvalue weighted by molar-refractivity contribution is 0.223. The first-order valence-corrected chi connectivity index (χ1v) is 9.36. The number of piperazine rings is 1. The minimum absolute atomic E-state index is 0.174. The Labute approximate surface area is 132 Å². The topological polar surface area (TPSA) is 65.5 Å². The Morgan fingerprint density at radius 3 is 2.73 bits per heavy atom. The van der Waals surface area contributed by atoms with Crippen molar-refractivity contribution in [3.8, 4) is 0 Å². The van der Waals surface area contributed by atoms with E-state index in [1.54, 1.807) is 21.0 Å². The van der Waals surface area contributed by atoms with E-state index in [2.05, 4.69) is 17.2 Å². The summed E-state index contributed by atoms with van der Waals surface area (Å²) in [7, 11) is -3.41. The molecule has 1 aromatic heterocycles. The molecule has 2 aliphatic rings. The molecule has 6 nitrogen and oxygen atoms in total. The second kappa shape index (κ2) is 6.62. The Morgan fingerprint density at radius 2 is 2.05 bits per heavy atom. The van der Waals surface area contributed by atoms with E-state index in [1.165, 1.54) is 0 Å². The molecule has 0 bridgehead atoms. The molecule has 0 spiro atoms. The van der Waals surface area contributed by atoms with Gasteiger partial charge in [-0.25, -0.2) is 0 Å². The van der Waals surface area contributed by atoms with Crippen molar-refractivity contribution in [2.75, 3.05) is 32.7 Å². The SMILES string of the molecule is CC1CCN(S(=O)(=O)N2CCNCC2c2cccnc2)CC1. The summed E-state index contributed by atoms with van der Waals surface area (Å²) in [5.41, 5.74) is 0.948. The quantitative estimate of drug-likeness (QED) is 0.901. The smallest absolute Gasteiger partial charge is 0.282 e. The highest BCUT2D eigenvalue weighted by Crippen LogP contribution is 2.28. The summed E-state index contributed by atoms with van der Waals surface area (Å²) >= 11 is 0. The summed E-state index contributed by atoms with van der Waals surface area (Å²) in [5.74, 6) is 0.614. The zero-order valence-corrected chi connectivity index (χ0v) is 13.8. The maximum absolute atomic E-state index is 13.0. The predicted octanol–water partition coefficient (Wildman–Crippen LogP) is 1.00. The van der Waals surface area contributed by atoms with Gasteiger partial charge < -0.3 is 5.32 Å². The average Bonchev–Trinajstić information content (AvgIpc) is 2.56. The molecule has 1 aromatic rings. The third-order valence-corrected chi connectivity index (χ3v) is 6.68. The van der Waals surface area contributed by atoms with Gasteiger partial charge in [0, 0.05) is 45.1 Å². The standard InChI is InChI=1S/C15H24N4O2S/c1-13-4-8-18(9-5-13)22(20,21)19-10-7-17-12-15(19)14-3-2-6-16-11-14/h2-3,6,11,13,15,17H,4-5,7-10,12H2,1H3. The molecular weight excluding hydrogens is 300 g/mol. The summed E-state index contributed by atoms with van der Waals surface area (Å²) in [6.07, 6.45) is 5.37. The fraction of sp³-hybridized carbons (Fsp3) is 0.667. The molecular formula is C15H24N4O2S. The molecule has 1 unspecified atom stereocenters. The second-order valence-corrected chi connectivity index (χ2v) is 8.09. The largest absolute Gasteiger partial charge is 0.313 e. The van der Waals surface area contributed by atoms with Gasteiger partial charge in [-0.3, -0.25) is 4.98 Å². The van der Waals surface area contributed by atoms with Crippen molar-refractivity contribution in [1.82, 2.24) is 18.9 Å². The fourth-order valence-corrected chi connectivity index (χ4v) is 4.99. The minimum atomic E-state index is -3.41. The minimum Gasteiger partial charge on any atom is -0.313 e. The molecule has 2 saturated heterocycles. The van der Waals surface area contributed by atoms with Gasteiger partial charge in [0.1, 0.15) is 0 Å². The van der Waals surface area contributed by atoms with Crippen molar-refractivity contribution < 1.29 is 8.42 Å². The summed E-state index contributed by atoms with van der Waals surface area (Å²) < 4.78 is 29.4. The number of nitrogens with one attached hydrogen (secondary N) is 1. The van der Waals surface area contributed by atoms with Crippen molar-refractivity contribution >= 4 is 10.2 Å². The van der Waals surface area contributed by atoms with Crippen LogP contribution in [0.15, 0.2) is 24.5 Å². The lowest BCUT2D eigenvalue weighted by Gasteiger charge is -2.40. The third kappa shape index (κ3) is 3.17. The summed E-state index contributed by atoms with van der Waals surface area (Å²) in [4.78, 5) is 4.14. The monoisotopic (exact) mass is 324 g/mol. The van der Waals surface area contributed by atoms with E-state index >= 15 is 0 Å². The van der Waals surface area contributed by atoms with Gasteiger partial charge in [-0.05, 0) is 30.4 Å². The van der Waals surface area contributed by atoms with E-state index in [4.69, 9.17) is 0 Å². The number of aromatic nitrogens is 1. The van der Waals surface area contributed by atoms with E-state index < -0.39 is 10.2 Å². The highest BCUT2D eigenvalue weighted by Gasteiger charge is 2.38. The van der Waals surface area contributed by atoms with Gasteiger partial charge in [-0.1, -0.05) is 13.0 Å². The van der Waals surface area contributed by atoms with Crippen molar-refractivity contribution in [3.63, 3.8) is 0 Å². The molecule has 1 atom stereocenters. The summed E-state index contributed by atoms with van der Waals surface area (Å²) in [6, 6.07) is 3.63. The van der Waals surface area contributed by atoms with Crippen molar-refractivity contribution in [3.05, 3.63) is 30.1 Å². The first-order valence-electron chi connectivity index (χ1n) is 7.96. The van der Waals surface area contributed by atoms with Crippen LogP contribution < -0.4 is 5.32 Å². The van der Waals surface area contributed by atoms with Crippen LogP contribution >= 0.6 is 0 Å². The fourth-order valence-electron chi connectivity index (χ4n) is 3.18. The molecule has 0 aromatic carbocycles. The van der Waals surface area contributed by atoms with E-state index in [-0.39, 0.29) is 6.04 Å². The molecule has 3 heterocycles. The van der Waals surface area contributed by atoms with Crippen molar-refractivity contribution in [2.45, 2.75) is 25.8 Å². The zero-order valence-electron chi connectivity index (χ0n) is 13.0. The molecule has 0 aliphatic carbocycles. The van der Waals surface area contributed by atoms with E-state index in [0.717, 1.165) is 18.4 Å². The highest BCUT2D eigenvalue weighted by molar-refractivity contribution is 7.86. The zero-order chi connectivity index (χ0) is 15.6. The van der Waals surface area contributed by atoms with Gasteiger partial charge in [0.15, 0.2) is 0 Å². The van der Waals surface area contributed by atoms with Crippen LogP contribution in [0.3, 0.4) is 0 Å². The Balaban J connectivity index is 1.83. The summed E-state index contributed by atoms with van der Waals surface area (Å²) in [6.45, 7) is 5.29. The number of pyridine rings is 1. The van der Waals surface area contributed by atoms with Crippen molar-refractivity contribution in [2.24, 2.45) is 5.92 Å². The first-order chi connectivity index (χ1) is 10.6. The van der Waals surface area contributed by atoms with Crippen LogP contribution in [0, 0.1) is 5.92 Å². The van der Waals surface area contributed by atoms with Gasteiger partial charge in [-0.2, -0.15) is 17.0 Å². The lowest BCUT2D eigenvalue weighted by Crippen LogP contribution is -2.54. The molecule has 0 radical (unpaired) electrons. The normalized spacial score (nSPS) is 26.1. The molecule has 3 rings (SSSR count). The molecule has 1 N–H and O–H groups in total. The van der Waals surface area contributed by atoms with E-state index in [0.29, 0.717) is 38.6 Å². The Kier molecular flexibility index (Phi) is 4.77. The van der Waals surface area contributed by atoms with Crippen LogP contribution in [0.25, 0.3) is 0 Å². The predicted molar refractivity (Wildman–Crippen MR) is 85.4 cm³/mol. The van der Waals surface area contributed by atoms with Gasteiger partial charge >= 0.3 is 0 Å².